The van der Waals surface area contributed by atoms with Crippen molar-refractivity contribution in [3.05, 3.63) is 36.7 Å². The molecule has 1 N–H and O–H groups in total. The molecule has 3 rings (SSSR count). The van der Waals surface area contributed by atoms with Gasteiger partial charge >= 0.3 is 0 Å². The van der Waals surface area contributed by atoms with Crippen molar-refractivity contribution in [2.24, 2.45) is 0 Å². The van der Waals surface area contributed by atoms with Crippen LogP contribution in [0.3, 0.4) is 0 Å². The number of hydrogen-bond acceptors (Lipinski definition) is 3. The molecule has 1 aliphatic heterocycles. The third-order valence-corrected chi connectivity index (χ3v) is 3.11. The van der Waals surface area contributed by atoms with Gasteiger partial charge in [0.1, 0.15) is 0 Å². The summed E-state index contributed by atoms with van der Waals surface area (Å²) < 4.78 is 0. The van der Waals surface area contributed by atoms with Crippen LogP contribution in [-0.2, 0) is 0 Å². The third-order valence-electron chi connectivity index (χ3n) is 3.11. The van der Waals surface area contributed by atoms with E-state index < -0.39 is 0 Å². The summed E-state index contributed by atoms with van der Waals surface area (Å²) in [5, 5.41) is 5.85. The van der Waals surface area contributed by atoms with E-state index in [1.54, 1.807) is 0 Å². The Hall–Kier alpha value is -1.32. The molecule has 2 aromatic rings. The average molecular weight is 249 g/mol. The Bertz CT molecular complexity index is 495. The SMILES string of the molecule is [Cl-].c1cc2ccc(N3CCNCC3)cc2cn1. The molecule has 1 fully saturated rings. The summed E-state index contributed by atoms with van der Waals surface area (Å²) in [5.41, 5.74) is 1.31. The van der Waals surface area contributed by atoms with Gasteiger partial charge in [-0.2, -0.15) is 0 Å². The van der Waals surface area contributed by atoms with Gasteiger partial charge in [0, 0.05) is 49.6 Å². The Morgan fingerprint density at radius 2 is 1.88 bits per heavy atom. The number of piperazine rings is 1. The van der Waals surface area contributed by atoms with Gasteiger partial charge < -0.3 is 22.6 Å². The van der Waals surface area contributed by atoms with Crippen LogP contribution in [0.25, 0.3) is 10.8 Å². The lowest BCUT2D eigenvalue weighted by molar-refractivity contribution is -0.00000321. The van der Waals surface area contributed by atoms with E-state index in [2.05, 4.69) is 39.5 Å². The lowest BCUT2D eigenvalue weighted by atomic mass is 10.1. The minimum absolute atomic E-state index is 0. The van der Waals surface area contributed by atoms with E-state index >= 15 is 0 Å². The van der Waals surface area contributed by atoms with Gasteiger partial charge in [0.2, 0.25) is 0 Å². The van der Waals surface area contributed by atoms with Gasteiger partial charge in [0.15, 0.2) is 0 Å². The number of halogens is 1. The second kappa shape index (κ2) is 5.34. The van der Waals surface area contributed by atoms with E-state index in [0.717, 1.165) is 26.2 Å². The molecule has 0 atom stereocenters. The zero-order valence-corrected chi connectivity index (χ0v) is 10.3. The van der Waals surface area contributed by atoms with Crippen molar-refractivity contribution in [1.82, 2.24) is 10.3 Å². The minimum atomic E-state index is 0. The minimum Gasteiger partial charge on any atom is -1.00 e. The molecule has 4 heteroatoms. The molecular formula is C13H15ClN3-. The monoisotopic (exact) mass is 248 g/mol. The predicted molar refractivity (Wildman–Crippen MR) is 66.8 cm³/mol. The van der Waals surface area contributed by atoms with E-state index in [4.69, 9.17) is 0 Å². The average Bonchev–Trinajstić information content (AvgIpc) is 2.39. The first-order valence-corrected chi connectivity index (χ1v) is 5.73. The van der Waals surface area contributed by atoms with Crippen LogP contribution in [0.1, 0.15) is 0 Å². The van der Waals surface area contributed by atoms with E-state index in [1.165, 1.54) is 16.5 Å². The van der Waals surface area contributed by atoms with Crippen molar-refractivity contribution in [2.45, 2.75) is 0 Å². The molecule has 1 saturated heterocycles. The molecule has 0 unspecified atom stereocenters. The van der Waals surface area contributed by atoms with Gasteiger partial charge in [-0.1, -0.05) is 6.07 Å². The summed E-state index contributed by atoms with van der Waals surface area (Å²) in [6.07, 6.45) is 3.77. The van der Waals surface area contributed by atoms with E-state index in [1.807, 2.05) is 12.4 Å². The molecule has 1 aromatic carbocycles. The van der Waals surface area contributed by atoms with Gasteiger partial charge in [0.25, 0.3) is 0 Å². The molecule has 0 amide bonds. The molecule has 17 heavy (non-hydrogen) atoms. The summed E-state index contributed by atoms with van der Waals surface area (Å²) in [6.45, 7) is 4.33. The van der Waals surface area contributed by atoms with E-state index in [0.29, 0.717) is 0 Å². The molecule has 1 aliphatic rings. The van der Waals surface area contributed by atoms with Crippen molar-refractivity contribution >= 4 is 16.5 Å². The van der Waals surface area contributed by atoms with Crippen molar-refractivity contribution in [3.63, 3.8) is 0 Å². The Morgan fingerprint density at radius 3 is 2.71 bits per heavy atom. The summed E-state index contributed by atoms with van der Waals surface area (Å²) in [5.74, 6) is 0. The topological polar surface area (TPSA) is 28.2 Å². The Balaban J connectivity index is 0.00000108. The van der Waals surface area contributed by atoms with Crippen LogP contribution >= 0.6 is 0 Å². The first-order valence-electron chi connectivity index (χ1n) is 5.73. The number of nitrogens with zero attached hydrogens (tertiary/aromatic N) is 2. The summed E-state index contributed by atoms with van der Waals surface area (Å²) in [7, 11) is 0. The highest BCUT2D eigenvalue weighted by atomic mass is 35.5. The number of aromatic nitrogens is 1. The van der Waals surface area contributed by atoms with Gasteiger partial charge in [-0.25, -0.2) is 0 Å². The molecule has 2 heterocycles. The number of anilines is 1. The summed E-state index contributed by atoms with van der Waals surface area (Å²) >= 11 is 0. The van der Waals surface area contributed by atoms with E-state index in [-0.39, 0.29) is 12.4 Å². The molecule has 0 bridgehead atoms. The highest BCUT2D eigenvalue weighted by molar-refractivity contribution is 5.85. The zero-order chi connectivity index (χ0) is 10.8. The zero-order valence-electron chi connectivity index (χ0n) is 9.56. The molecule has 90 valence electrons. The van der Waals surface area contributed by atoms with Crippen LogP contribution in [-0.4, -0.2) is 31.2 Å². The molecule has 0 aliphatic carbocycles. The normalized spacial score (nSPS) is 15.6. The van der Waals surface area contributed by atoms with Crippen LogP contribution in [0.2, 0.25) is 0 Å². The maximum absolute atomic E-state index is 4.17. The lowest BCUT2D eigenvalue weighted by Crippen LogP contribution is -3.00. The van der Waals surface area contributed by atoms with Crippen LogP contribution in [0.15, 0.2) is 36.7 Å². The van der Waals surface area contributed by atoms with Crippen LogP contribution in [0, 0.1) is 0 Å². The third kappa shape index (κ3) is 2.51. The van der Waals surface area contributed by atoms with E-state index in [9.17, 15) is 0 Å². The quantitative estimate of drug-likeness (QED) is 0.677. The first kappa shape index (κ1) is 12.1. The molecule has 0 saturated carbocycles. The molecular weight excluding hydrogens is 234 g/mol. The second-order valence-electron chi connectivity index (χ2n) is 4.14. The number of hydrogen-bond donors (Lipinski definition) is 1. The maximum Gasteiger partial charge on any atom is 0.0374 e. The smallest absolute Gasteiger partial charge is 0.0374 e. The van der Waals surface area contributed by atoms with Crippen molar-refractivity contribution in [2.75, 3.05) is 31.1 Å². The fourth-order valence-electron chi connectivity index (χ4n) is 2.19. The van der Waals surface area contributed by atoms with Crippen molar-refractivity contribution < 1.29 is 12.4 Å². The number of rotatable bonds is 1. The van der Waals surface area contributed by atoms with Crippen LogP contribution in [0.5, 0.6) is 0 Å². The highest BCUT2D eigenvalue weighted by Crippen LogP contribution is 2.21. The Labute approximate surface area is 107 Å². The summed E-state index contributed by atoms with van der Waals surface area (Å²) in [4.78, 5) is 6.59. The Morgan fingerprint density at radius 1 is 1.06 bits per heavy atom. The lowest BCUT2D eigenvalue weighted by Gasteiger charge is -2.29. The Kier molecular flexibility index (Phi) is 3.82. The number of benzene rings is 1. The fraction of sp³-hybridized carbons (Fsp3) is 0.308. The van der Waals surface area contributed by atoms with Crippen LogP contribution in [0.4, 0.5) is 5.69 Å². The second-order valence-corrected chi connectivity index (χ2v) is 4.14. The molecule has 1 aromatic heterocycles. The van der Waals surface area contributed by atoms with Gasteiger partial charge in [-0.3, -0.25) is 4.98 Å². The number of fused-ring (bicyclic) bond motifs is 1. The highest BCUT2D eigenvalue weighted by Gasteiger charge is 2.10. The fourth-order valence-corrected chi connectivity index (χ4v) is 2.19. The predicted octanol–water partition coefficient (Wildman–Crippen LogP) is -1.35. The van der Waals surface area contributed by atoms with Crippen LogP contribution < -0.4 is 22.6 Å². The van der Waals surface area contributed by atoms with Crippen molar-refractivity contribution in [3.8, 4) is 0 Å². The molecule has 0 spiro atoms. The van der Waals surface area contributed by atoms with Gasteiger partial charge in [-0.15, -0.1) is 0 Å². The van der Waals surface area contributed by atoms with Crippen molar-refractivity contribution in [1.29, 1.82) is 0 Å². The standard InChI is InChI=1S/C13H15N3.ClH/c1-2-13(16-7-5-14-6-8-16)9-12-10-15-4-3-11(1)12;/h1-4,9-10,14H,5-8H2;1H/p-1. The number of pyridine rings is 1. The van der Waals surface area contributed by atoms with Gasteiger partial charge in [0.05, 0.1) is 0 Å². The largest absolute Gasteiger partial charge is 1.00 e. The number of nitrogens with one attached hydrogen (secondary N) is 1. The summed E-state index contributed by atoms with van der Waals surface area (Å²) in [6, 6.07) is 8.66. The van der Waals surface area contributed by atoms with Gasteiger partial charge in [-0.05, 0) is 23.6 Å². The maximum atomic E-state index is 4.17. The first-order chi connectivity index (χ1) is 7.93. The molecule has 3 nitrogen and oxygen atoms in total. The molecule has 0 radical (unpaired) electrons.